The molecular weight excluding hydrogens is 605 g/mol. The second-order valence-corrected chi connectivity index (χ2v) is 13.9. The second-order valence-electron chi connectivity index (χ2n) is 10.6. The van der Waals surface area contributed by atoms with Gasteiger partial charge in [0.15, 0.2) is 0 Å². The molecule has 40 heavy (non-hydrogen) atoms. The summed E-state index contributed by atoms with van der Waals surface area (Å²) < 4.78 is 30.6. The number of rotatable bonds is 27. The first-order valence-corrected chi connectivity index (χ1v) is 20.3. The third kappa shape index (κ3) is 58.4. The Kier molecular flexibility index (Phi) is 52.6. The van der Waals surface area contributed by atoms with E-state index in [0.29, 0.717) is 18.5 Å². The fourth-order valence-electron chi connectivity index (χ4n) is 4.12. The van der Waals surface area contributed by atoms with Crippen LogP contribution in [0.15, 0.2) is 0 Å². The van der Waals surface area contributed by atoms with E-state index in [0.717, 1.165) is 38.5 Å². The van der Waals surface area contributed by atoms with Gasteiger partial charge in [-0.1, -0.05) is 150 Å². The number of hydrogen-bond donors (Lipinski definition) is 0. The van der Waals surface area contributed by atoms with Gasteiger partial charge in [0, 0.05) is 0 Å². The van der Waals surface area contributed by atoms with Crippen LogP contribution in [0.5, 0.6) is 0 Å². The average Bonchev–Trinajstić information content (AvgIpc) is 2.89. The van der Waals surface area contributed by atoms with Crippen molar-refractivity contribution in [3.05, 3.63) is 0 Å². The van der Waals surface area contributed by atoms with Crippen LogP contribution >= 0.6 is 24.1 Å². The smallest absolute Gasteiger partial charge is 0.596 e. The molecule has 3 unspecified atom stereocenters. The average molecular weight is 669 g/mol. The summed E-state index contributed by atoms with van der Waals surface area (Å²) in [6.07, 6.45) is 30.2. The third-order valence-corrected chi connectivity index (χ3v) is 8.63. The van der Waals surface area contributed by atoms with Crippen LogP contribution in [0, 0.1) is 0 Å². The third-order valence-electron chi connectivity index (χ3n) is 6.58. The zero-order valence-electron chi connectivity index (χ0n) is 26.2. The minimum absolute atomic E-state index is 0. The number of unbranched alkanes of at least 4 members (excludes halogenated alkanes) is 21. The van der Waals surface area contributed by atoms with Crippen molar-refractivity contribution in [1.82, 2.24) is 0 Å². The van der Waals surface area contributed by atoms with Gasteiger partial charge in [-0.2, -0.15) is 0 Å². The number of hydrogen-bond acceptors (Lipinski definition) is 6. The Hall–Kier alpha value is 0.699. The molecule has 3 atom stereocenters. The van der Waals surface area contributed by atoms with Gasteiger partial charge < -0.3 is 14.7 Å². The molecule has 0 aromatic carbocycles. The molecule has 0 aliphatic rings. The molecule has 10 heteroatoms. The van der Waals surface area contributed by atoms with Gasteiger partial charge in [0.1, 0.15) is 18.5 Å². The van der Waals surface area contributed by atoms with Gasteiger partial charge in [0.2, 0.25) is 0 Å². The topological polar surface area (TPSA) is 120 Å². The Morgan fingerprint density at radius 1 is 0.325 bits per heavy atom. The van der Waals surface area contributed by atoms with Crippen LogP contribution in [0.1, 0.15) is 175 Å². The van der Waals surface area contributed by atoms with Crippen LogP contribution in [0.2, 0.25) is 0 Å². The van der Waals surface area contributed by atoms with Crippen molar-refractivity contribution in [3.63, 3.8) is 0 Å². The maximum Gasteiger partial charge on any atom is 3.00 e. The summed E-state index contributed by atoms with van der Waals surface area (Å²) in [7, 11) is -6.39. The SMILES string of the molecule is CCCCCCCCCC[P+](=O)[O-].CCCCCCCCCC[P+](=O)[O-].CCCCCCCCCC[P+](=O)[O-].[Fe+3]. The molecule has 0 aliphatic carbocycles. The first-order valence-electron chi connectivity index (χ1n) is 16.2. The largest absolute Gasteiger partial charge is 3.00 e. The van der Waals surface area contributed by atoms with Crippen LogP contribution < -0.4 is 14.7 Å². The molecular formula is C30H63FeO6P3+3. The first-order chi connectivity index (χ1) is 18.8. The van der Waals surface area contributed by atoms with E-state index in [1.165, 1.54) is 116 Å². The monoisotopic (exact) mass is 668 g/mol. The van der Waals surface area contributed by atoms with Crippen LogP contribution in [0.4, 0.5) is 0 Å². The van der Waals surface area contributed by atoms with Crippen LogP contribution in [-0.2, 0) is 30.8 Å². The summed E-state index contributed by atoms with van der Waals surface area (Å²) in [6, 6.07) is 0. The van der Waals surface area contributed by atoms with Crippen LogP contribution in [0.25, 0.3) is 0 Å². The van der Waals surface area contributed by atoms with E-state index in [4.69, 9.17) is 0 Å². The maximum absolute atomic E-state index is 10.2. The van der Waals surface area contributed by atoms with E-state index in [1.807, 2.05) is 0 Å². The molecule has 0 aromatic heterocycles. The molecule has 0 rings (SSSR count). The fourth-order valence-corrected chi connectivity index (χ4v) is 5.57. The Balaban J connectivity index is -0.000000240. The van der Waals surface area contributed by atoms with E-state index in [9.17, 15) is 28.4 Å². The van der Waals surface area contributed by atoms with Crippen molar-refractivity contribution in [3.8, 4) is 0 Å². The van der Waals surface area contributed by atoms with Crippen molar-refractivity contribution in [2.45, 2.75) is 175 Å². The molecule has 0 fully saturated rings. The van der Waals surface area contributed by atoms with Crippen molar-refractivity contribution in [2.24, 2.45) is 0 Å². The van der Waals surface area contributed by atoms with Crippen molar-refractivity contribution >= 4 is 24.1 Å². The van der Waals surface area contributed by atoms with Crippen LogP contribution in [0.3, 0.4) is 0 Å². The van der Waals surface area contributed by atoms with Gasteiger partial charge in [0.25, 0.3) is 0 Å². The molecule has 0 aromatic rings. The van der Waals surface area contributed by atoms with E-state index >= 15 is 0 Å². The summed E-state index contributed by atoms with van der Waals surface area (Å²) >= 11 is 0. The zero-order valence-corrected chi connectivity index (χ0v) is 30.0. The maximum atomic E-state index is 10.2. The first kappa shape index (κ1) is 47.6. The zero-order chi connectivity index (χ0) is 29.8. The quantitative estimate of drug-likeness (QED) is 0.0488. The normalized spacial score (nSPS) is 11.4. The van der Waals surface area contributed by atoms with Crippen molar-refractivity contribution in [1.29, 1.82) is 0 Å². The van der Waals surface area contributed by atoms with Gasteiger partial charge in [-0.05, 0) is 38.5 Å². The minimum atomic E-state index is -2.13. The van der Waals surface area contributed by atoms with Crippen molar-refractivity contribution in [2.75, 3.05) is 18.5 Å². The Morgan fingerprint density at radius 3 is 0.625 bits per heavy atom. The van der Waals surface area contributed by atoms with E-state index < -0.39 is 24.1 Å². The van der Waals surface area contributed by atoms with Gasteiger partial charge in [-0.25, -0.2) is 0 Å². The standard InChI is InChI=1S/3C10H21O2P.Fe/c3*1-2-3-4-5-6-7-8-9-10-13(11)12;/h3*2-10H2,1H3;/q;;;+3. The van der Waals surface area contributed by atoms with E-state index in [2.05, 4.69) is 20.8 Å². The van der Waals surface area contributed by atoms with Gasteiger partial charge >= 0.3 is 41.2 Å². The molecule has 239 valence electrons. The molecule has 0 heterocycles. The molecule has 0 aliphatic heterocycles. The van der Waals surface area contributed by atoms with Gasteiger partial charge in [-0.15, -0.1) is 0 Å². The Labute approximate surface area is 262 Å². The molecule has 0 N–H and O–H groups in total. The predicted molar refractivity (Wildman–Crippen MR) is 165 cm³/mol. The van der Waals surface area contributed by atoms with Crippen molar-refractivity contribution < 1.29 is 45.4 Å². The summed E-state index contributed by atoms with van der Waals surface area (Å²) in [5.41, 5.74) is 0. The molecule has 0 saturated heterocycles. The molecule has 0 amide bonds. The summed E-state index contributed by atoms with van der Waals surface area (Å²) in [5.74, 6) is 0. The predicted octanol–water partition coefficient (Wildman–Crippen LogP) is 9.69. The molecule has 0 saturated carbocycles. The van der Waals surface area contributed by atoms with E-state index in [-0.39, 0.29) is 17.1 Å². The Bertz CT molecular complexity index is 456. The fraction of sp³-hybridized carbons (Fsp3) is 1.00. The van der Waals surface area contributed by atoms with Gasteiger partial charge in [-0.3, -0.25) is 0 Å². The second kappa shape index (κ2) is 44.1. The summed E-state index contributed by atoms with van der Waals surface area (Å²) in [6.45, 7) is 6.64. The summed E-state index contributed by atoms with van der Waals surface area (Å²) in [4.78, 5) is 30.6. The van der Waals surface area contributed by atoms with Crippen LogP contribution in [-0.4, -0.2) is 18.5 Å². The van der Waals surface area contributed by atoms with E-state index in [1.54, 1.807) is 0 Å². The van der Waals surface area contributed by atoms with Gasteiger partial charge in [0.05, 0.1) is 0 Å². The molecule has 0 bridgehead atoms. The summed E-state index contributed by atoms with van der Waals surface area (Å²) in [5, 5.41) is 0. The molecule has 1 radical (unpaired) electrons. The minimum Gasteiger partial charge on any atom is -0.596 e. The Morgan fingerprint density at radius 2 is 0.475 bits per heavy atom. The molecule has 0 spiro atoms. The molecule has 6 nitrogen and oxygen atoms in total.